The van der Waals surface area contributed by atoms with Crippen LogP contribution in [0.25, 0.3) is 0 Å². The third kappa shape index (κ3) is 5.56. The van der Waals surface area contributed by atoms with Crippen LogP contribution < -0.4 is 0 Å². The highest BCUT2D eigenvalue weighted by atomic mass is 16.8. The van der Waals surface area contributed by atoms with E-state index < -0.39 is 96.7 Å². The van der Waals surface area contributed by atoms with Crippen LogP contribution in [0.4, 0.5) is 0 Å². The first-order valence-electron chi connectivity index (χ1n) is 18.0. The summed E-state index contributed by atoms with van der Waals surface area (Å²) in [4.78, 5) is 11.9. The molecule has 4 saturated carbocycles. The van der Waals surface area contributed by atoms with Gasteiger partial charge in [-0.15, -0.1) is 0 Å². The molecule has 0 aromatic rings. The van der Waals surface area contributed by atoms with Crippen molar-refractivity contribution in [2.24, 2.45) is 34.5 Å². The summed E-state index contributed by atoms with van der Waals surface area (Å²) >= 11 is 0. The van der Waals surface area contributed by atoms with Crippen molar-refractivity contribution in [3.63, 3.8) is 0 Å². The molecule has 4 aliphatic carbocycles. The fourth-order valence-electron chi connectivity index (χ4n) is 11.3. The summed E-state index contributed by atoms with van der Waals surface area (Å²) in [5.74, 6) is -0.0892. The van der Waals surface area contributed by atoms with Gasteiger partial charge in [-0.25, -0.2) is 4.79 Å². The molecule has 0 amide bonds. The molecule has 278 valence electrons. The molecule has 3 aliphatic heterocycles. The molecule has 0 radical (unpaired) electrons. The van der Waals surface area contributed by atoms with E-state index in [0.717, 1.165) is 37.7 Å². The Kier molecular flexibility index (Phi) is 9.57. The van der Waals surface area contributed by atoms with Gasteiger partial charge in [0.2, 0.25) is 0 Å². The Bertz CT molecular complexity index is 1280. The molecule has 14 heteroatoms. The van der Waals surface area contributed by atoms with Crippen LogP contribution in [0, 0.1) is 34.5 Å². The number of aliphatic hydroxyl groups excluding tert-OH is 7. The number of carbonyl (C=O) groups is 1. The lowest BCUT2D eigenvalue weighted by atomic mass is 9.42. The van der Waals surface area contributed by atoms with Crippen LogP contribution in [0.15, 0.2) is 11.6 Å². The molecule has 6 fully saturated rings. The smallest absolute Gasteiger partial charge is 0.331 e. The van der Waals surface area contributed by atoms with Gasteiger partial charge >= 0.3 is 5.97 Å². The molecule has 7 aliphatic rings. The van der Waals surface area contributed by atoms with E-state index in [-0.39, 0.29) is 42.7 Å². The topological polar surface area (TPSA) is 225 Å². The highest BCUT2D eigenvalue weighted by molar-refractivity contribution is 5.85. The average Bonchev–Trinajstić information content (AvgIpc) is 3.61. The van der Waals surface area contributed by atoms with Gasteiger partial charge in [-0.3, -0.25) is 0 Å². The van der Waals surface area contributed by atoms with E-state index in [0.29, 0.717) is 12.8 Å². The Morgan fingerprint density at radius 1 is 0.837 bits per heavy atom. The van der Waals surface area contributed by atoms with Crippen molar-refractivity contribution in [2.45, 2.75) is 151 Å². The highest BCUT2D eigenvalue weighted by Gasteiger charge is 2.69. The fraction of sp³-hybridized carbons (Fsp3) is 0.914. The number of ether oxygens (including phenoxy) is 5. The first-order valence-corrected chi connectivity index (χ1v) is 18.0. The zero-order valence-corrected chi connectivity index (χ0v) is 28.4. The Morgan fingerprint density at radius 3 is 2.29 bits per heavy atom. The standard InChI is InChI=1S/C35H54O14/c1-15-25(39)28(42)30(49-31-29(43)27(41)26(40)22(13-36)48-31)32(46-15)47-18-11-17-4-5-21-20(34(17,3)23(37)12-18)6-8-33(2)19(7-9-35(21,33)44)16-10-24(38)45-14-16/h10,15,17-23,25-32,36-37,39-44H,4-9,11-14H2,1-3H3/t15-,17+,18+,19+,20+,21+,22+,23+,25-,26+,27-,28+,29+,30+,31-,32-,33+,34-,35-/m0/s1. The average molecular weight is 699 g/mol. The van der Waals surface area contributed by atoms with Crippen LogP contribution in [0.5, 0.6) is 0 Å². The van der Waals surface area contributed by atoms with Crippen molar-refractivity contribution in [3.05, 3.63) is 11.6 Å². The van der Waals surface area contributed by atoms with E-state index in [4.69, 9.17) is 23.7 Å². The number of carbonyl (C=O) groups excluding carboxylic acids is 1. The third-order valence-corrected chi connectivity index (χ3v) is 14.3. The summed E-state index contributed by atoms with van der Waals surface area (Å²) in [7, 11) is 0. The Morgan fingerprint density at radius 2 is 1.59 bits per heavy atom. The molecule has 7 rings (SSSR count). The van der Waals surface area contributed by atoms with Gasteiger partial charge in [0.25, 0.3) is 0 Å². The Hall–Kier alpha value is -1.27. The minimum absolute atomic E-state index is 0.00118. The zero-order chi connectivity index (χ0) is 35.2. The van der Waals surface area contributed by atoms with Gasteiger partial charge in [0.1, 0.15) is 49.3 Å². The normalized spacial score (nSPS) is 56.0. The maximum Gasteiger partial charge on any atom is 0.331 e. The quantitative estimate of drug-likeness (QED) is 0.126. The van der Waals surface area contributed by atoms with Crippen molar-refractivity contribution < 1.29 is 69.3 Å². The number of hydrogen-bond donors (Lipinski definition) is 8. The summed E-state index contributed by atoms with van der Waals surface area (Å²) in [6, 6.07) is 0. The van der Waals surface area contributed by atoms with E-state index >= 15 is 0 Å². The van der Waals surface area contributed by atoms with Crippen molar-refractivity contribution in [2.75, 3.05) is 13.2 Å². The van der Waals surface area contributed by atoms with E-state index in [1.165, 1.54) is 0 Å². The lowest BCUT2D eigenvalue weighted by Gasteiger charge is -2.64. The minimum atomic E-state index is -1.73. The summed E-state index contributed by atoms with van der Waals surface area (Å²) in [5.41, 5.74) is -0.817. The van der Waals surface area contributed by atoms with Crippen LogP contribution in [-0.2, 0) is 28.5 Å². The minimum Gasteiger partial charge on any atom is -0.458 e. The van der Waals surface area contributed by atoms with E-state index in [9.17, 15) is 45.6 Å². The second-order valence-electron chi connectivity index (χ2n) is 16.4. The van der Waals surface area contributed by atoms with Gasteiger partial charge in [0.05, 0.1) is 30.5 Å². The maximum absolute atomic E-state index is 12.5. The van der Waals surface area contributed by atoms with Gasteiger partial charge in [-0.2, -0.15) is 0 Å². The van der Waals surface area contributed by atoms with Gasteiger partial charge in [-0.1, -0.05) is 13.8 Å². The van der Waals surface area contributed by atoms with Crippen LogP contribution in [0.3, 0.4) is 0 Å². The molecule has 0 spiro atoms. The molecule has 0 bridgehead atoms. The van der Waals surface area contributed by atoms with Crippen LogP contribution in [0.2, 0.25) is 0 Å². The maximum atomic E-state index is 12.5. The predicted molar refractivity (Wildman–Crippen MR) is 167 cm³/mol. The molecule has 14 nitrogen and oxygen atoms in total. The Labute approximate surface area is 285 Å². The summed E-state index contributed by atoms with van der Waals surface area (Å²) < 4.78 is 29.0. The molecule has 0 aromatic heterocycles. The van der Waals surface area contributed by atoms with Gasteiger partial charge < -0.3 is 64.5 Å². The third-order valence-electron chi connectivity index (χ3n) is 14.3. The van der Waals surface area contributed by atoms with Crippen molar-refractivity contribution in [3.8, 4) is 0 Å². The summed E-state index contributed by atoms with van der Waals surface area (Å²) in [6.45, 7) is 5.51. The van der Waals surface area contributed by atoms with Crippen LogP contribution >= 0.6 is 0 Å². The van der Waals surface area contributed by atoms with Crippen LogP contribution in [0.1, 0.15) is 72.1 Å². The molecule has 0 unspecified atom stereocenters. The number of esters is 1. The largest absolute Gasteiger partial charge is 0.458 e. The summed E-state index contributed by atoms with van der Waals surface area (Å²) in [5, 5.41) is 86.8. The molecule has 2 saturated heterocycles. The van der Waals surface area contributed by atoms with Crippen LogP contribution in [-0.4, -0.2) is 139 Å². The fourth-order valence-corrected chi connectivity index (χ4v) is 11.3. The summed E-state index contributed by atoms with van der Waals surface area (Å²) in [6.07, 6.45) is -8.43. The monoisotopic (exact) mass is 698 g/mol. The number of aliphatic hydroxyl groups is 8. The number of rotatable bonds is 6. The molecule has 19 atom stereocenters. The second kappa shape index (κ2) is 13.0. The van der Waals surface area contributed by atoms with Gasteiger partial charge in [0, 0.05) is 17.9 Å². The van der Waals surface area contributed by atoms with E-state index in [1.807, 2.05) is 0 Å². The molecule has 3 heterocycles. The van der Waals surface area contributed by atoms with Crippen molar-refractivity contribution in [1.82, 2.24) is 0 Å². The Balaban J connectivity index is 1.06. The number of fused-ring (bicyclic) bond motifs is 5. The second-order valence-corrected chi connectivity index (χ2v) is 16.4. The molecule has 8 N–H and O–H groups in total. The SMILES string of the molecule is C[C@@H]1O[C@@H](O[C@@H]2C[C@H]3CC[C@@H]4[C@@H](CC[C@]5(C)[C@@H](C6=CC(=O)OC6)CC[C@]45O)[C@@]3(C)[C@H](O)C2)[C@H](O[C@@H]2O[C@H](CO)[C@@H](O)[C@H](O)[C@H]2O)[C@H](O)[C@H]1O. The lowest BCUT2D eigenvalue weighted by molar-refractivity contribution is -0.371. The van der Waals surface area contributed by atoms with Gasteiger partial charge in [0.15, 0.2) is 12.6 Å². The zero-order valence-electron chi connectivity index (χ0n) is 28.4. The first kappa shape index (κ1) is 36.1. The van der Waals surface area contributed by atoms with Gasteiger partial charge in [-0.05, 0) is 86.5 Å². The first-order chi connectivity index (χ1) is 23.1. The molecular weight excluding hydrogens is 644 g/mol. The number of hydrogen-bond acceptors (Lipinski definition) is 14. The van der Waals surface area contributed by atoms with E-state index in [2.05, 4.69) is 13.8 Å². The lowest BCUT2D eigenvalue weighted by Crippen LogP contribution is -2.66. The highest BCUT2D eigenvalue weighted by Crippen LogP contribution is 2.70. The van der Waals surface area contributed by atoms with E-state index in [1.54, 1.807) is 13.0 Å². The number of cyclic esters (lactones) is 1. The molecule has 49 heavy (non-hydrogen) atoms. The van der Waals surface area contributed by atoms with Crippen molar-refractivity contribution in [1.29, 1.82) is 0 Å². The molecule has 0 aromatic carbocycles. The predicted octanol–water partition coefficient (Wildman–Crippen LogP) is -0.749. The van der Waals surface area contributed by atoms with Crippen molar-refractivity contribution >= 4 is 5.97 Å². The molecular formula is C35H54O14.